The Morgan fingerprint density at radius 3 is 2.16 bits per heavy atom. The lowest BCUT2D eigenvalue weighted by atomic mass is 10.0. The minimum atomic E-state index is -0.276. The average molecular weight is 261 g/mol. The molecule has 3 heteroatoms. The summed E-state index contributed by atoms with van der Waals surface area (Å²) in [6, 6.07) is 8.03. The van der Waals surface area contributed by atoms with Gasteiger partial charge in [-0.15, -0.1) is 0 Å². The molecule has 0 aliphatic carbocycles. The lowest BCUT2D eigenvalue weighted by Crippen LogP contribution is -2.02. The quantitative estimate of drug-likeness (QED) is 0.557. The predicted octanol–water partition coefficient (Wildman–Crippen LogP) is 4.55. The van der Waals surface area contributed by atoms with Gasteiger partial charge in [-0.05, 0) is 29.4 Å². The molecule has 0 aromatic heterocycles. The highest BCUT2D eigenvalue weighted by Crippen LogP contribution is 2.17. The van der Waals surface area contributed by atoms with Crippen LogP contribution in [-0.2, 0) is 6.42 Å². The summed E-state index contributed by atoms with van der Waals surface area (Å²) in [6.07, 6.45) is 3.22. The first-order valence-corrected chi connectivity index (χ1v) is 6.82. The van der Waals surface area contributed by atoms with E-state index >= 15 is 0 Å². The molecule has 0 aliphatic heterocycles. The summed E-state index contributed by atoms with van der Waals surface area (Å²) in [5, 5.41) is 11.0. The van der Waals surface area contributed by atoms with Crippen molar-refractivity contribution in [3.63, 3.8) is 0 Å². The van der Waals surface area contributed by atoms with E-state index in [0.29, 0.717) is 12.3 Å². The molecule has 1 aromatic carbocycles. The third-order valence-electron chi connectivity index (χ3n) is 2.81. The molecule has 19 heavy (non-hydrogen) atoms. The lowest BCUT2D eigenvalue weighted by Gasteiger charge is -2.05. The summed E-state index contributed by atoms with van der Waals surface area (Å²) in [7, 11) is 0. The van der Waals surface area contributed by atoms with Crippen LogP contribution in [-0.4, -0.2) is 4.92 Å². The van der Waals surface area contributed by atoms with Crippen LogP contribution in [0.15, 0.2) is 30.0 Å². The molecule has 0 saturated carbocycles. The van der Waals surface area contributed by atoms with Gasteiger partial charge < -0.3 is 0 Å². The minimum Gasteiger partial charge on any atom is -0.259 e. The fraction of sp³-hybridized carbons (Fsp3) is 0.500. The first kappa shape index (κ1) is 15.4. The Labute approximate surface area is 115 Å². The van der Waals surface area contributed by atoms with E-state index in [1.165, 1.54) is 5.56 Å². The second-order valence-corrected chi connectivity index (χ2v) is 5.83. The Kier molecular flexibility index (Phi) is 5.74. The van der Waals surface area contributed by atoms with Gasteiger partial charge in [-0.25, -0.2) is 0 Å². The minimum absolute atomic E-state index is 0.276. The molecular weight excluding hydrogens is 238 g/mol. The lowest BCUT2D eigenvalue weighted by molar-refractivity contribution is -0.427. The average Bonchev–Trinajstić information content (AvgIpc) is 2.29. The fourth-order valence-corrected chi connectivity index (χ4v) is 2.02. The SMILES string of the molecule is CC(C)CC(=Cc1ccc(CC(C)C)cc1)[N+](=O)[O-]. The van der Waals surface area contributed by atoms with Crippen LogP contribution in [0, 0.1) is 22.0 Å². The maximum atomic E-state index is 11.0. The van der Waals surface area contributed by atoms with Crippen molar-refractivity contribution in [1.29, 1.82) is 0 Å². The molecule has 0 amide bonds. The van der Waals surface area contributed by atoms with E-state index in [1.807, 2.05) is 26.0 Å². The number of hydrogen-bond donors (Lipinski definition) is 0. The Morgan fingerprint density at radius 2 is 1.74 bits per heavy atom. The monoisotopic (exact) mass is 261 g/mol. The number of nitrogens with zero attached hydrogens (tertiary/aromatic N) is 1. The van der Waals surface area contributed by atoms with Crippen molar-refractivity contribution in [3.8, 4) is 0 Å². The zero-order chi connectivity index (χ0) is 14.4. The zero-order valence-electron chi connectivity index (χ0n) is 12.2. The number of rotatable bonds is 6. The van der Waals surface area contributed by atoms with Crippen LogP contribution < -0.4 is 0 Å². The second-order valence-electron chi connectivity index (χ2n) is 5.83. The van der Waals surface area contributed by atoms with Crippen molar-refractivity contribution in [2.75, 3.05) is 0 Å². The number of allylic oxidation sites excluding steroid dienone is 1. The summed E-state index contributed by atoms with van der Waals surface area (Å²) in [5.74, 6) is 0.911. The number of benzene rings is 1. The van der Waals surface area contributed by atoms with Gasteiger partial charge in [-0.3, -0.25) is 10.1 Å². The van der Waals surface area contributed by atoms with Crippen LogP contribution in [0.2, 0.25) is 0 Å². The number of nitro groups is 1. The van der Waals surface area contributed by atoms with Gasteiger partial charge in [0.05, 0.1) is 4.92 Å². The molecule has 3 nitrogen and oxygen atoms in total. The maximum Gasteiger partial charge on any atom is 0.247 e. The van der Waals surface area contributed by atoms with Crippen molar-refractivity contribution in [2.45, 2.75) is 40.5 Å². The van der Waals surface area contributed by atoms with E-state index < -0.39 is 0 Å². The largest absolute Gasteiger partial charge is 0.259 e. The summed E-state index contributed by atoms with van der Waals surface area (Å²) in [4.78, 5) is 10.7. The first-order valence-electron chi connectivity index (χ1n) is 6.82. The van der Waals surface area contributed by atoms with Gasteiger partial charge in [0, 0.05) is 12.5 Å². The van der Waals surface area contributed by atoms with E-state index in [2.05, 4.69) is 26.0 Å². The van der Waals surface area contributed by atoms with Gasteiger partial charge in [0.2, 0.25) is 5.70 Å². The molecular formula is C16H23NO2. The van der Waals surface area contributed by atoms with Crippen LogP contribution in [0.4, 0.5) is 0 Å². The van der Waals surface area contributed by atoms with Gasteiger partial charge in [-0.2, -0.15) is 0 Å². The summed E-state index contributed by atoms with van der Waals surface area (Å²) < 4.78 is 0. The van der Waals surface area contributed by atoms with Crippen molar-refractivity contribution >= 4 is 6.08 Å². The van der Waals surface area contributed by atoms with Crippen LogP contribution in [0.25, 0.3) is 6.08 Å². The van der Waals surface area contributed by atoms with Crippen LogP contribution >= 0.6 is 0 Å². The normalized spacial score (nSPS) is 12.2. The van der Waals surface area contributed by atoms with E-state index in [9.17, 15) is 10.1 Å². The van der Waals surface area contributed by atoms with Crippen LogP contribution in [0.5, 0.6) is 0 Å². The summed E-state index contributed by atoms with van der Waals surface area (Å²) in [6.45, 7) is 8.34. The number of hydrogen-bond acceptors (Lipinski definition) is 2. The summed E-state index contributed by atoms with van der Waals surface area (Å²) in [5.41, 5.74) is 2.46. The van der Waals surface area contributed by atoms with E-state index in [1.54, 1.807) is 6.08 Å². The molecule has 104 valence electrons. The van der Waals surface area contributed by atoms with Gasteiger partial charge >= 0.3 is 0 Å². The second kappa shape index (κ2) is 7.07. The smallest absolute Gasteiger partial charge is 0.247 e. The predicted molar refractivity (Wildman–Crippen MR) is 79.4 cm³/mol. The van der Waals surface area contributed by atoms with Crippen molar-refractivity contribution < 1.29 is 4.92 Å². The van der Waals surface area contributed by atoms with Crippen molar-refractivity contribution in [2.24, 2.45) is 11.8 Å². The Morgan fingerprint density at radius 1 is 1.16 bits per heavy atom. The fourth-order valence-electron chi connectivity index (χ4n) is 2.02. The molecule has 0 atom stereocenters. The van der Waals surface area contributed by atoms with Crippen LogP contribution in [0.1, 0.15) is 45.2 Å². The molecule has 0 heterocycles. The molecule has 1 rings (SSSR count). The van der Waals surface area contributed by atoms with E-state index in [4.69, 9.17) is 0 Å². The van der Waals surface area contributed by atoms with Gasteiger partial charge in [0.15, 0.2) is 0 Å². The molecule has 0 spiro atoms. The maximum absolute atomic E-state index is 11.0. The summed E-state index contributed by atoms with van der Waals surface area (Å²) >= 11 is 0. The molecule has 0 aliphatic rings. The molecule has 0 N–H and O–H groups in total. The zero-order valence-corrected chi connectivity index (χ0v) is 12.2. The Bertz CT molecular complexity index is 444. The van der Waals surface area contributed by atoms with Gasteiger partial charge in [0.25, 0.3) is 0 Å². The topological polar surface area (TPSA) is 43.1 Å². The molecule has 0 unspecified atom stereocenters. The Balaban J connectivity index is 2.86. The third-order valence-corrected chi connectivity index (χ3v) is 2.81. The molecule has 0 radical (unpaired) electrons. The standard InChI is InChI=1S/C16H23NO2/c1-12(2)9-14-5-7-15(8-6-14)11-16(17(18)19)10-13(3)4/h5-8,11-13H,9-10H2,1-4H3. The Hall–Kier alpha value is -1.64. The van der Waals surface area contributed by atoms with E-state index in [0.717, 1.165) is 12.0 Å². The van der Waals surface area contributed by atoms with E-state index in [-0.39, 0.29) is 16.5 Å². The first-order chi connectivity index (χ1) is 8.88. The highest BCUT2D eigenvalue weighted by Gasteiger charge is 2.12. The molecule has 0 fully saturated rings. The third kappa shape index (κ3) is 5.69. The van der Waals surface area contributed by atoms with Crippen LogP contribution in [0.3, 0.4) is 0 Å². The van der Waals surface area contributed by atoms with Gasteiger partial charge in [0.1, 0.15) is 0 Å². The van der Waals surface area contributed by atoms with Gasteiger partial charge in [-0.1, -0.05) is 52.0 Å². The highest BCUT2D eigenvalue weighted by molar-refractivity contribution is 5.51. The molecule has 0 bridgehead atoms. The highest BCUT2D eigenvalue weighted by atomic mass is 16.6. The molecule has 1 aromatic rings. The van der Waals surface area contributed by atoms with Crippen molar-refractivity contribution in [1.82, 2.24) is 0 Å². The molecule has 0 saturated heterocycles. The van der Waals surface area contributed by atoms with Crippen molar-refractivity contribution in [3.05, 3.63) is 51.2 Å².